The Hall–Kier alpha value is -0.730. The van der Waals surface area contributed by atoms with Gasteiger partial charge >= 0.3 is 0 Å². The molecule has 0 saturated heterocycles. The second-order valence-electron chi connectivity index (χ2n) is 4.11. The standard InChI is InChI=1S/C14H22ClNO/c1-3-13(16-4-2)6-5-11-17-14-9-7-12(15)8-10-14/h7-10,13,16H,3-6,11H2,1-2H3. The second-order valence-corrected chi connectivity index (χ2v) is 4.54. The Labute approximate surface area is 109 Å². The van der Waals surface area contributed by atoms with Gasteiger partial charge in [-0.3, -0.25) is 0 Å². The fraction of sp³-hybridized carbons (Fsp3) is 0.571. The Morgan fingerprint density at radius 2 is 1.94 bits per heavy atom. The van der Waals surface area contributed by atoms with Crippen molar-refractivity contribution in [3.63, 3.8) is 0 Å². The van der Waals surface area contributed by atoms with Crippen LogP contribution in [0.1, 0.15) is 33.1 Å². The van der Waals surface area contributed by atoms with Crippen LogP contribution < -0.4 is 10.1 Å². The fourth-order valence-electron chi connectivity index (χ4n) is 1.79. The van der Waals surface area contributed by atoms with Gasteiger partial charge < -0.3 is 10.1 Å². The van der Waals surface area contributed by atoms with E-state index in [0.717, 1.165) is 36.8 Å². The van der Waals surface area contributed by atoms with Crippen molar-refractivity contribution in [1.29, 1.82) is 0 Å². The van der Waals surface area contributed by atoms with E-state index >= 15 is 0 Å². The van der Waals surface area contributed by atoms with Gasteiger partial charge in [-0.25, -0.2) is 0 Å². The van der Waals surface area contributed by atoms with Crippen molar-refractivity contribution in [2.24, 2.45) is 0 Å². The zero-order chi connectivity index (χ0) is 12.5. The highest BCUT2D eigenvalue weighted by molar-refractivity contribution is 6.30. The van der Waals surface area contributed by atoms with Crippen LogP contribution in [0.25, 0.3) is 0 Å². The lowest BCUT2D eigenvalue weighted by Gasteiger charge is -2.15. The van der Waals surface area contributed by atoms with Gasteiger partial charge in [0, 0.05) is 11.1 Å². The minimum Gasteiger partial charge on any atom is -0.494 e. The monoisotopic (exact) mass is 255 g/mol. The van der Waals surface area contributed by atoms with Crippen molar-refractivity contribution < 1.29 is 4.74 Å². The van der Waals surface area contributed by atoms with Crippen LogP contribution in [0.15, 0.2) is 24.3 Å². The first kappa shape index (κ1) is 14.3. The molecule has 96 valence electrons. The summed E-state index contributed by atoms with van der Waals surface area (Å²) in [5, 5.41) is 4.21. The predicted octanol–water partition coefficient (Wildman–Crippen LogP) is 3.89. The minimum atomic E-state index is 0.619. The molecule has 0 fully saturated rings. The summed E-state index contributed by atoms with van der Waals surface area (Å²) < 4.78 is 5.65. The molecule has 1 unspecified atom stereocenters. The molecule has 0 aromatic heterocycles. The van der Waals surface area contributed by atoms with Gasteiger partial charge in [-0.15, -0.1) is 0 Å². The maximum absolute atomic E-state index is 5.80. The van der Waals surface area contributed by atoms with Gasteiger partial charge in [-0.05, 0) is 50.1 Å². The van der Waals surface area contributed by atoms with E-state index in [1.807, 2.05) is 24.3 Å². The van der Waals surface area contributed by atoms with E-state index in [1.54, 1.807) is 0 Å². The third-order valence-electron chi connectivity index (χ3n) is 2.76. The molecule has 0 saturated carbocycles. The lowest BCUT2D eigenvalue weighted by molar-refractivity contribution is 0.295. The molecule has 0 heterocycles. The quantitative estimate of drug-likeness (QED) is 0.712. The molecule has 1 aromatic rings. The molecule has 0 spiro atoms. The van der Waals surface area contributed by atoms with E-state index in [9.17, 15) is 0 Å². The maximum atomic E-state index is 5.80. The highest BCUT2D eigenvalue weighted by Crippen LogP contribution is 2.15. The highest BCUT2D eigenvalue weighted by atomic mass is 35.5. The number of ether oxygens (including phenoxy) is 1. The molecule has 1 aromatic carbocycles. The summed E-state index contributed by atoms with van der Waals surface area (Å²) in [5.74, 6) is 0.894. The lowest BCUT2D eigenvalue weighted by Crippen LogP contribution is -2.28. The molecule has 2 nitrogen and oxygen atoms in total. The smallest absolute Gasteiger partial charge is 0.119 e. The average Bonchev–Trinajstić information content (AvgIpc) is 2.35. The van der Waals surface area contributed by atoms with Crippen LogP contribution in [-0.2, 0) is 0 Å². The third-order valence-corrected chi connectivity index (χ3v) is 3.02. The largest absolute Gasteiger partial charge is 0.494 e. The van der Waals surface area contributed by atoms with Crippen molar-refractivity contribution in [1.82, 2.24) is 5.32 Å². The summed E-state index contributed by atoms with van der Waals surface area (Å²) in [4.78, 5) is 0. The molecule has 1 N–H and O–H groups in total. The summed E-state index contributed by atoms with van der Waals surface area (Å²) in [6.07, 6.45) is 3.42. The molecule has 0 bridgehead atoms. The van der Waals surface area contributed by atoms with Gasteiger partial charge in [0.2, 0.25) is 0 Å². The highest BCUT2D eigenvalue weighted by Gasteiger charge is 2.03. The van der Waals surface area contributed by atoms with Crippen molar-refractivity contribution in [2.45, 2.75) is 39.2 Å². The molecule has 3 heteroatoms. The minimum absolute atomic E-state index is 0.619. The van der Waals surface area contributed by atoms with Crippen LogP contribution in [-0.4, -0.2) is 19.2 Å². The number of nitrogens with one attached hydrogen (secondary N) is 1. The van der Waals surface area contributed by atoms with Crippen LogP contribution in [0.3, 0.4) is 0 Å². The van der Waals surface area contributed by atoms with E-state index in [4.69, 9.17) is 16.3 Å². The summed E-state index contributed by atoms with van der Waals surface area (Å²) in [5.41, 5.74) is 0. The first-order valence-corrected chi connectivity index (χ1v) is 6.75. The normalized spacial score (nSPS) is 12.4. The molecule has 0 aliphatic carbocycles. The first-order chi connectivity index (χ1) is 8.26. The van der Waals surface area contributed by atoms with Crippen molar-refractivity contribution >= 4 is 11.6 Å². The average molecular weight is 256 g/mol. The first-order valence-electron chi connectivity index (χ1n) is 6.38. The van der Waals surface area contributed by atoms with Gasteiger partial charge in [-0.2, -0.15) is 0 Å². The number of benzene rings is 1. The molecule has 0 aliphatic heterocycles. The summed E-state index contributed by atoms with van der Waals surface area (Å²) in [6, 6.07) is 8.14. The van der Waals surface area contributed by atoms with E-state index in [1.165, 1.54) is 6.42 Å². The Morgan fingerprint density at radius 3 is 2.53 bits per heavy atom. The molecular weight excluding hydrogens is 234 g/mol. The second kappa shape index (κ2) is 8.37. The topological polar surface area (TPSA) is 21.3 Å². The molecule has 17 heavy (non-hydrogen) atoms. The fourth-order valence-corrected chi connectivity index (χ4v) is 1.92. The van der Waals surface area contributed by atoms with Gasteiger partial charge in [0.05, 0.1) is 6.61 Å². The molecule has 0 radical (unpaired) electrons. The number of rotatable bonds is 8. The van der Waals surface area contributed by atoms with Crippen LogP contribution in [0.4, 0.5) is 0 Å². The number of hydrogen-bond acceptors (Lipinski definition) is 2. The zero-order valence-electron chi connectivity index (χ0n) is 10.7. The Morgan fingerprint density at radius 1 is 1.24 bits per heavy atom. The predicted molar refractivity (Wildman–Crippen MR) is 73.9 cm³/mol. The van der Waals surface area contributed by atoms with Gasteiger partial charge in [0.15, 0.2) is 0 Å². The maximum Gasteiger partial charge on any atom is 0.119 e. The molecule has 1 atom stereocenters. The van der Waals surface area contributed by atoms with Crippen LogP contribution in [0, 0.1) is 0 Å². The van der Waals surface area contributed by atoms with Gasteiger partial charge in [0.25, 0.3) is 0 Å². The van der Waals surface area contributed by atoms with E-state index in [0.29, 0.717) is 6.04 Å². The summed E-state index contributed by atoms with van der Waals surface area (Å²) in [6.45, 7) is 6.17. The van der Waals surface area contributed by atoms with Crippen molar-refractivity contribution in [2.75, 3.05) is 13.2 Å². The Kier molecular flexibility index (Phi) is 7.06. The number of hydrogen-bond donors (Lipinski definition) is 1. The zero-order valence-corrected chi connectivity index (χ0v) is 11.5. The van der Waals surface area contributed by atoms with Crippen molar-refractivity contribution in [3.8, 4) is 5.75 Å². The summed E-state index contributed by atoms with van der Waals surface area (Å²) in [7, 11) is 0. The molecular formula is C14H22ClNO. The van der Waals surface area contributed by atoms with Crippen LogP contribution in [0.5, 0.6) is 5.75 Å². The third kappa shape index (κ3) is 5.94. The van der Waals surface area contributed by atoms with Crippen molar-refractivity contribution in [3.05, 3.63) is 29.3 Å². The molecule has 0 aliphatic rings. The summed E-state index contributed by atoms with van der Waals surface area (Å²) >= 11 is 5.80. The van der Waals surface area contributed by atoms with Crippen LogP contribution in [0.2, 0.25) is 5.02 Å². The van der Waals surface area contributed by atoms with Gasteiger partial charge in [0.1, 0.15) is 5.75 Å². The molecule has 1 rings (SSSR count). The van der Waals surface area contributed by atoms with E-state index < -0.39 is 0 Å². The Bertz CT molecular complexity index is 300. The van der Waals surface area contributed by atoms with E-state index in [-0.39, 0.29) is 0 Å². The van der Waals surface area contributed by atoms with Gasteiger partial charge in [-0.1, -0.05) is 25.4 Å². The number of halogens is 1. The lowest BCUT2D eigenvalue weighted by atomic mass is 10.1. The SMILES string of the molecule is CCNC(CC)CCCOc1ccc(Cl)cc1. The Balaban J connectivity index is 2.17. The molecule has 0 amide bonds. The van der Waals surface area contributed by atoms with Crippen LogP contribution >= 0.6 is 11.6 Å². The van der Waals surface area contributed by atoms with E-state index in [2.05, 4.69) is 19.2 Å².